The summed E-state index contributed by atoms with van der Waals surface area (Å²) >= 11 is 6.23. The lowest BCUT2D eigenvalue weighted by Gasteiger charge is -2.34. The Balaban J connectivity index is 2.05. The van der Waals surface area contributed by atoms with Gasteiger partial charge in [0.05, 0.1) is 5.69 Å². The van der Waals surface area contributed by atoms with E-state index in [0.29, 0.717) is 5.15 Å². The van der Waals surface area contributed by atoms with Gasteiger partial charge in [0.15, 0.2) is 5.82 Å². The highest BCUT2D eigenvalue weighted by Gasteiger charge is 2.37. The van der Waals surface area contributed by atoms with Gasteiger partial charge in [0.1, 0.15) is 10.8 Å². The first-order valence-corrected chi connectivity index (χ1v) is 7.77. The number of benzene rings is 1. The molecular formula is C17H19ClN2O. The van der Waals surface area contributed by atoms with Crippen LogP contribution in [0.5, 0.6) is 0 Å². The standard InChI is InChI=1S/C17H19ClN2O/c1-21-17(10-6-3-7-11-17)16-19-14(12-15(18)20-16)13-8-4-2-5-9-13/h2,4-5,8-9,12H,3,6-7,10-11H2,1H3. The number of ether oxygens (including phenoxy) is 1. The first-order valence-electron chi connectivity index (χ1n) is 7.39. The monoisotopic (exact) mass is 302 g/mol. The summed E-state index contributed by atoms with van der Waals surface area (Å²) in [6.45, 7) is 0. The molecule has 1 aromatic carbocycles. The molecule has 3 nitrogen and oxygen atoms in total. The smallest absolute Gasteiger partial charge is 0.162 e. The van der Waals surface area contributed by atoms with Crippen LogP contribution in [0.15, 0.2) is 36.4 Å². The molecule has 0 radical (unpaired) electrons. The Morgan fingerprint density at radius 1 is 1.05 bits per heavy atom. The Morgan fingerprint density at radius 2 is 1.76 bits per heavy atom. The zero-order chi connectivity index (χ0) is 14.7. The SMILES string of the molecule is COC1(c2nc(Cl)cc(-c3ccccc3)n2)CCCCC1. The minimum atomic E-state index is -0.382. The third-order valence-electron chi connectivity index (χ3n) is 4.22. The first-order chi connectivity index (χ1) is 10.2. The van der Waals surface area contributed by atoms with Crippen LogP contribution >= 0.6 is 11.6 Å². The van der Waals surface area contributed by atoms with Gasteiger partial charge < -0.3 is 4.74 Å². The fraction of sp³-hybridized carbons (Fsp3) is 0.412. The first kappa shape index (κ1) is 14.5. The van der Waals surface area contributed by atoms with Crippen LogP contribution in [-0.2, 0) is 10.3 Å². The van der Waals surface area contributed by atoms with Crippen molar-refractivity contribution >= 4 is 11.6 Å². The lowest BCUT2D eigenvalue weighted by Crippen LogP contribution is -2.33. The summed E-state index contributed by atoms with van der Waals surface area (Å²) in [4.78, 5) is 9.21. The van der Waals surface area contributed by atoms with Gasteiger partial charge in [-0.3, -0.25) is 0 Å². The van der Waals surface area contributed by atoms with Gasteiger partial charge in [-0.05, 0) is 12.8 Å². The molecule has 0 saturated heterocycles. The minimum absolute atomic E-state index is 0.382. The molecule has 21 heavy (non-hydrogen) atoms. The van der Waals surface area contributed by atoms with Gasteiger partial charge in [0.2, 0.25) is 0 Å². The average molecular weight is 303 g/mol. The third-order valence-corrected chi connectivity index (χ3v) is 4.42. The fourth-order valence-electron chi connectivity index (χ4n) is 3.02. The average Bonchev–Trinajstić information content (AvgIpc) is 2.56. The summed E-state index contributed by atoms with van der Waals surface area (Å²) in [7, 11) is 1.75. The van der Waals surface area contributed by atoms with Crippen molar-refractivity contribution in [3.63, 3.8) is 0 Å². The third kappa shape index (κ3) is 2.94. The summed E-state index contributed by atoms with van der Waals surface area (Å²) in [6.07, 6.45) is 5.45. The molecule has 3 rings (SSSR count). The maximum absolute atomic E-state index is 6.23. The highest BCUT2D eigenvalue weighted by Crippen LogP contribution is 2.39. The minimum Gasteiger partial charge on any atom is -0.370 e. The molecule has 0 spiro atoms. The maximum atomic E-state index is 6.23. The van der Waals surface area contributed by atoms with Crippen molar-refractivity contribution in [1.29, 1.82) is 0 Å². The van der Waals surface area contributed by atoms with E-state index in [1.807, 2.05) is 36.4 Å². The van der Waals surface area contributed by atoms with Gasteiger partial charge >= 0.3 is 0 Å². The molecule has 1 aliphatic carbocycles. The van der Waals surface area contributed by atoms with Crippen LogP contribution in [0.3, 0.4) is 0 Å². The largest absolute Gasteiger partial charge is 0.370 e. The van der Waals surface area contributed by atoms with Crippen LogP contribution < -0.4 is 0 Å². The van der Waals surface area contributed by atoms with Crippen molar-refractivity contribution in [3.05, 3.63) is 47.4 Å². The summed E-state index contributed by atoms with van der Waals surface area (Å²) in [6, 6.07) is 11.9. The lowest BCUT2D eigenvalue weighted by molar-refractivity contribution is -0.0514. The summed E-state index contributed by atoms with van der Waals surface area (Å²) in [5.41, 5.74) is 1.52. The Bertz CT molecular complexity index is 609. The second-order valence-corrected chi connectivity index (χ2v) is 5.91. The number of rotatable bonds is 3. The van der Waals surface area contributed by atoms with E-state index in [2.05, 4.69) is 4.98 Å². The van der Waals surface area contributed by atoms with Crippen molar-refractivity contribution < 1.29 is 4.74 Å². The Hall–Kier alpha value is -1.45. The van der Waals surface area contributed by atoms with Crippen LogP contribution in [0.2, 0.25) is 5.15 Å². The molecule has 1 fully saturated rings. The van der Waals surface area contributed by atoms with E-state index in [1.54, 1.807) is 7.11 Å². The summed E-state index contributed by atoms with van der Waals surface area (Å²) < 4.78 is 5.83. The number of hydrogen-bond donors (Lipinski definition) is 0. The van der Waals surface area contributed by atoms with Gasteiger partial charge in [0.25, 0.3) is 0 Å². The summed E-state index contributed by atoms with van der Waals surface area (Å²) in [5.74, 6) is 0.719. The zero-order valence-electron chi connectivity index (χ0n) is 12.2. The van der Waals surface area contributed by atoms with Crippen LogP contribution in [-0.4, -0.2) is 17.1 Å². The quantitative estimate of drug-likeness (QED) is 0.777. The second-order valence-electron chi connectivity index (χ2n) is 5.52. The molecule has 1 aliphatic rings. The predicted molar refractivity (Wildman–Crippen MR) is 84.3 cm³/mol. The number of hydrogen-bond acceptors (Lipinski definition) is 3. The van der Waals surface area contributed by atoms with Gasteiger partial charge in [0, 0.05) is 18.7 Å². The van der Waals surface area contributed by atoms with Crippen molar-refractivity contribution in [3.8, 4) is 11.3 Å². The van der Waals surface area contributed by atoms with Crippen LogP contribution in [0.25, 0.3) is 11.3 Å². The van der Waals surface area contributed by atoms with E-state index in [4.69, 9.17) is 21.3 Å². The molecule has 2 aromatic rings. The molecule has 0 amide bonds. The Kier molecular flexibility index (Phi) is 4.22. The van der Waals surface area contributed by atoms with E-state index < -0.39 is 0 Å². The molecule has 1 aromatic heterocycles. The molecule has 1 saturated carbocycles. The number of aromatic nitrogens is 2. The molecule has 4 heteroatoms. The van der Waals surface area contributed by atoms with Gasteiger partial charge in [-0.1, -0.05) is 61.2 Å². The Morgan fingerprint density at radius 3 is 2.43 bits per heavy atom. The van der Waals surface area contributed by atoms with E-state index in [9.17, 15) is 0 Å². The van der Waals surface area contributed by atoms with Gasteiger partial charge in [-0.15, -0.1) is 0 Å². The van der Waals surface area contributed by atoms with E-state index in [-0.39, 0.29) is 5.60 Å². The highest BCUT2D eigenvalue weighted by molar-refractivity contribution is 6.29. The summed E-state index contributed by atoms with van der Waals surface area (Å²) in [5, 5.41) is 0.473. The van der Waals surface area contributed by atoms with Crippen molar-refractivity contribution in [1.82, 2.24) is 9.97 Å². The molecule has 1 heterocycles. The topological polar surface area (TPSA) is 35.0 Å². The van der Waals surface area contributed by atoms with Crippen LogP contribution in [0, 0.1) is 0 Å². The number of halogens is 1. The predicted octanol–water partition coefficient (Wildman–Crippen LogP) is 4.60. The van der Waals surface area contributed by atoms with Crippen molar-refractivity contribution in [2.75, 3.05) is 7.11 Å². The van der Waals surface area contributed by atoms with E-state index in [0.717, 1.165) is 42.8 Å². The number of methoxy groups -OCH3 is 1. The maximum Gasteiger partial charge on any atom is 0.162 e. The fourth-order valence-corrected chi connectivity index (χ4v) is 3.20. The number of nitrogens with zero attached hydrogens (tertiary/aromatic N) is 2. The normalized spacial score (nSPS) is 17.6. The molecule has 0 bridgehead atoms. The second kappa shape index (κ2) is 6.12. The molecule has 0 aliphatic heterocycles. The lowest BCUT2D eigenvalue weighted by atomic mass is 9.84. The van der Waals surface area contributed by atoms with Gasteiger partial charge in [-0.25, -0.2) is 9.97 Å². The highest BCUT2D eigenvalue weighted by atomic mass is 35.5. The van der Waals surface area contributed by atoms with E-state index >= 15 is 0 Å². The Labute approximate surface area is 130 Å². The van der Waals surface area contributed by atoms with Crippen LogP contribution in [0.4, 0.5) is 0 Å². The molecular weight excluding hydrogens is 284 g/mol. The van der Waals surface area contributed by atoms with Crippen molar-refractivity contribution in [2.24, 2.45) is 0 Å². The molecule has 0 N–H and O–H groups in total. The van der Waals surface area contributed by atoms with Gasteiger partial charge in [-0.2, -0.15) is 0 Å². The zero-order valence-corrected chi connectivity index (χ0v) is 12.9. The van der Waals surface area contributed by atoms with Crippen molar-refractivity contribution in [2.45, 2.75) is 37.7 Å². The molecule has 0 unspecified atom stereocenters. The molecule has 0 atom stereocenters. The van der Waals surface area contributed by atoms with E-state index in [1.165, 1.54) is 6.42 Å². The molecule has 110 valence electrons. The van der Waals surface area contributed by atoms with Crippen LogP contribution in [0.1, 0.15) is 37.9 Å².